The van der Waals surface area contributed by atoms with Gasteiger partial charge in [-0.05, 0) is 36.1 Å². The summed E-state index contributed by atoms with van der Waals surface area (Å²) in [6.07, 6.45) is 2.00. The summed E-state index contributed by atoms with van der Waals surface area (Å²) in [4.78, 5) is 16.7. The first-order valence-electron chi connectivity index (χ1n) is 8.86. The number of aromatic nitrogens is 1. The number of nitrogens with zero attached hydrogens (tertiary/aromatic N) is 1. The van der Waals surface area contributed by atoms with E-state index in [-0.39, 0.29) is 17.6 Å². The molecule has 1 unspecified atom stereocenters. The van der Waals surface area contributed by atoms with Crippen LogP contribution in [0.3, 0.4) is 0 Å². The molecule has 28 heavy (non-hydrogen) atoms. The van der Waals surface area contributed by atoms with Gasteiger partial charge in [0.05, 0.1) is 17.4 Å². The molecule has 0 spiro atoms. The number of benzene rings is 2. The first kappa shape index (κ1) is 19.1. The molecule has 1 amide bonds. The van der Waals surface area contributed by atoms with Crippen LogP contribution in [0, 0.1) is 0 Å². The highest BCUT2D eigenvalue weighted by atomic mass is 35.5. The van der Waals surface area contributed by atoms with Crippen molar-refractivity contribution in [3.63, 3.8) is 0 Å². The molecule has 2 N–H and O–H groups in total. The van der Waals surface area contributed by atoms with Gasteiger partial charge < -0.3 is 5.32 Å². The van der Waals surface area contributed by atoms with Crippen LogP contribution in [-0.2, 0) is 22.2 Å². The van der Waals surface area contributed by atoms with Crippen LogP contribution in [0.25, 0.3) is 11.1 Å². The van der Waals surface area contributed by atoms with Crippen LogP contribution in [0.2, 0.25) is 4.34 Å². The standard InChI is InChI=1S/C20H18ClN3O2S2/c21-19-17(23-20(27-19)24-28(26)16-10-11-16)12-18(25)22-15-8-6-14(7-9-15)13-4-2-1-3-5-13/h1-9,16H,10-12H2,(H,22,25)(H,23,24). The molecule has 1 aliphatic rings. The van der Waals surface area contributed by atoms with Crippen LogP contribution in [-0.4, -0.2) is 20.3 Å². The minimum atomic E-state index is -1.13. The lowest BCUT2D eigenvalue weighted by Crippen LogP contribution is -2.15. The molecule has 1 fully saturated rings. The van der Waals surface area contributed by atoms with Gasteiger partial charge in [0.15, 0.2) is 5.13 Å². The molecule has 5 nitrogen and oxygen atoms in total. The summed E-state index contributed by atoms with van der Waals surface area (Å²) in [6.45, 7) is 0. The molecule has 0 saturated heterocycles. The molecule has 8 heteroatoms. The van der Waals surface area contributed by atoms with Crippen molar-refractivity contribution in [2.75, 3.05) is 10.0 Å². The zero-order valence-electron chi connectivity index (χ0n) is 14.9. The zero-order chi connectivity index (χ0) is 19.5. The highest BCUT2D eigenvalue weighted by molar-refractivity contribution is 7.87. The van der Waals surface area contributed by atoms with E-state index in [2.05, 4.69) is 15.0 Å². The summed E-state index contributed by atoms with van der Waals surface area (Å²) >= 11 is 7.40. The number of anilines is 2. The van der Waals surface area contributed by atoms with Gasteiger partial charge in [0.2, 0.25) is 5.91 Å². The molecule has 1 atom stereocenters. The molecule has 144 valence electrons. The van der Waals surface area contributed by atoms with Crippen molar-refractivity contribution in [3.8, 4) is 11.1 Å². The molecule has 1 aromatic heterocycles. The van der Waals surface area contributed by atoms with Crippen LogP contribution >= 0.6 is 22.9 Å². The molecule has 1 aliphatic carbocycles. The Bertz CT molecular complexity index is 1000. The Balaban J connectivity index is 1.36. The number of amides is 1. The van der Waals surface area contributed by atoms with Gasteiger partial charge in [-0.3, -0.25) is 9.52 Å². The number of hydrogen-bond acceptors (Lipinski definition) is 4. The summed E-state index contributed by atoms with van der Waals surface area (Å²) in [5.41, 5.74) is 3.41. The van der Waals surface area contributed by atoms with Crippen LogP contribution in [0.5, 0.6) is 0 Å². The van der Waals surface area contributed by atoms with Gasteiger partial charge in [0.1, 0.15) is 15.3 Å². The Kier molecular flexibility index (Phi) is 5.75. The molecule has 1 saturated carbocycles. The third kappa shape index (κ3) is 4.79. The lowest BCUT2D eigenvalue weighted by Gasteiger charge is -2.06. The van der Waals surface area contributed by atoms with E-state index >= 15 is 0 Å². The van der Waals surface area contributed by atoms with Crippen molar-refractivity contribution in [2.24, 2.45) is 0 Å². The fourth-order valence-corrected chi connectivity index (χ4v) is 4.92. The van der Waals surface area contributed by atoms with Crippen molar-refractivity contribution < 1.29 is 9.00 Å². The van der Waals surface area contributed by atoms with E-state index in [1.165, 1.54) is 11.3 Å². The summed E-state index contributed by atoms with van der Waals surface area (Å²) in [6, 6.07) is 17.7. The Morgan fingerprint density at radius 2 is 1.79 bits per heavy atom. The molecule has 0 radical (unpaired) electrons. The van der Waals surface area contributed by atoms with Crippen molar-refractivity contribution in [1.29, 1.82) is 0 Å². The van der Waals surface area contributed by atoms with Crippen LogP contribution in [0.1, 0.15) is 18.5 Å². The van der Waals surface area contributed by atoms with E-state index < -0.39 is 11.0 Å². The Morgan fingerprint density at radius 3 is 2.46 bits per heavy atom. The van der Waals surface area contributed by atoms with Crippen molar-refractivity contribution in [3.05, 3.63) is 64.6 Å². The molecule has 4 rings (SSSR count). The second-order valence-corrected chi connectivity index (χ2v) is 9.57. The first-order chi connectivity index (χ1) is 13.6. The molecule has 0 bridgehead atoms. The monoisotopic (exact) mass is 431 g/mol. The smallest absolute Gasteiger partial charge is 0.230 e. The largest absolute Gasteiger partial charge is 0.326 e. The fraction of sp³-hybridized carbons (Fsp3) is 0.200. The quantitative estimate of drug-likeness (QED) is 0.559. The molecule has 1 heterocycles. The van der Waals surface area contributed by atoms with E-state index in [0.717, 1.165) is 24.0 Å². The summed E-state index contributed by atoms with van der Waals surface area (Å²) in [5.74, 6) is -0.200. The van der Waals surface area contributed by atoms with Crippen LogP contribution in [0.15, 0.2) is 54.6 Å². The number of carbonyl (C=O) groups excluding carboxylic acids is 1. The van der Waals surface area contributed by atoms with E-state index in [9.17, 15) is 9.00 Å². The van der Waals surface area contributed by atoms with Gasteiger partial charge in [-0.1, -0.05) is 65.4 Å². The van der Waals surface area contributed by atoms with Gasteiger partial charge in [0.25, 0.3) is 0 Å². The molecule has 2 aromatic carbocycles. The fourth-order valence-electron chi connectivity index (χ4n) is 2.67. The SMILES string of the molecule is O=C(Cc1nc(NS(=O)C2CC2)sc1Cl)Nc1ccc(-c2ccccc2)cc1. The lowest BCUT2D eigenvalue weighted by atomic mass is 10.1. The zero-order valence-corrected chi connectivity index (χ0v) is 17.2. The summed E-state index contributed by atoms with van der Waals surface area (Å²) in [5, 5.41) is 3.55. The third-order valence-electron chi connectivity index (χ3n) is 4.27. The molecule has 0 aliphatic heterocycles. The average molecular weight is 432 g/mol. The Morgan fingerprint density at radius 1 is 1.11 bits per heavy atom. The first-order valence-corrected chi connectivity index (χ1v) is 11.3. The van der Waals surface area contributed by atoms with E-state index in [0.29, 0.717) is 20.8 Å². The highest BCUT2D eigenvalue weighted by Gasteiger charge is 2.29. The predicted octanol–water partition coefficient (Wildman–Crippen LogP) is 4.88. The Hall–Kier alpha value is -2.22. The van der Waals surface area contributed by atoms with Crippen molar-refractivity contribution in [1.82, 2.24) is 4.98 Å². The van der Waals surface area contributed by atoms with Crippen LogP contribution < -0.4 is 10.0 Å². The second-order valence-electron chi connectivity index (χ2n) is 6.51. The topological polar surface area (TPSA) is 71.1 Å². The number of nitrogens with one attached hydrogen (secondary N) is 2. The van der Waals surface area contributed by atoms with E-state index in [4.69, 9.17) is 11.6 Å². The second kappa shape index (κ2) is 8.43. The maximum absolute atomic E-state index is 12.4. The molecule has 3 aromatic rings. The van der Waals surface area contributed by atoms with Crippen molar-refractivity contribution >= 4 is 50.6 Å². The number of thiazole rings is 1. The van der Waals surface area contributed by atoms with E-state index in [1.807, 2.05) is 54.6 Å². The van der Waals surface area contributed by atoms with Gasteiger partial charge in [-0.25, -0.2) is 9.19 Å². The van der Waals surface area contributed by atoms with Gasteiger partial charge >= 0.3 is 0 Å². The molecular weight excluding hydrogens is 414 g/mol. The number of hydrogen-bond donors (Lipinski definition) is 2. The number of carbonyl (C=O) groups is 1. The van der Waals surface area contributed by atoms with Crippen LogP contribution in [0.4, 0.5) is 10.8 Å². The normalized spacial score (nSPS) is 14.5. The maximum Gasteiger partial charge on any atom is 0.230 e. The van der Waals surface area contributed by atoms with E-state index in [1.54, 1.807) is 0 Å². The number of halogens is 1. The Labute approximate surface area is 174 Å². The summed E-state index contributed by atoms with van der Waals surface area (Å²) < 4.78 is 15.2. The number of rotatable bonds is 7. The van der Waals surface area contributed by atoms with Gasteiger partial charge in [0, 0.05) is 5.69 Å². The predicted molar refractivity (Wildman–Crippen MR) is 116 cm³/mol. The van der Waals surface area contributed by atoms with Gasteiger partial charge in [-0.15, -0.1) is 0 Å². The van der Waals surface area contributed by atoms with Gasteiger partial charge in [-0.2, -0.15) is 0 Å². The average Bonchev–Trinajstić information content (AvgIpc) is 3.49. The highest BCUT2D eigenvalue weighted by Crippen LogP contribution is 2.32. The van der Waals surface area contributed by atoms with Crippen molar-refractivity contribution in [2.45, 2.75) is 24.5 Å². The third-order valence-corrected chi connectivity index (χ3v) is 7.12. The lowest BCUT2D eigenvalue weighted by molar-refractivity contribution is -0.115. The summed E-state index contributed by atoms with van der Waals surface area (Å²) in [7, 11) is -1.13. The minimum Gasteiger partial charge on any atom is -0.326 e. The molecular formula is C20H18ClN3O2S2. The maximum atomic E-state index is 12.4. The minimum absolute atomic E-state index is 0.0630.